The fourth-order valence-electron chi connectivity index (χ4n) is 2.85. The summed E-state index contributed by atoms with van der Waals surface area (Å²) in [6.07, 6.45) is 1.13. The minimum atomic E-state index is 0. The zero-order valence-corrected chi connectivity index (χ0v) is 15.2. The third-order valence-electron chi connectivity index (χ3n) is 4.32. The highest BCUT2D eigenvalue weighted by molar-refractivity contribution is 5.85. The van der Waals surface area contributed by atoms with E-state index in [0.717, 1.165) is 42.3 Å². The van der Waals surface area contributed by atoms with Crippen LogP contribution in [0, 0.1) is 13.8 Å². The van der Waals surface area contributed by atoms with Gasteiger partial charge in [-0.25, -0.2) is 0 Å². The highest BCUT2D eigenvalue weighted by Gasteiger charge is 2.17. The number of fused-ring (bicyclic) bond motifs is 1. The van der Waals surface area contributed by atoms with Crippen molar-refractivity contribution in [3.8, 4) is 0 Å². The average molecular weight is 354 g/mol. The minimum absolute atomic E-state index is 0. The molecular weight excluding hydrogens is 330 g/mol. The van der Waals surface area contributed by atoms with Crippen LogP contribution >= 0.6 is 12.4 Å². The molecule has 0 aromatic carbocycles. The number of aryl methyl sites for hydroxylation is 3. The molecule has 0 saturated heterocycles. The van der Waals surface area contributed by atoms with Gasteiger partial charge in [-0.05, 0) is 19.9 Å². The molecular formula is C16H24ClN5O2. The Balaban J connectivity index is 0.00000208. The van der Waals surface area contributed by atoms with Crippen molar-refractivity contribution < 1.29 is 9.32 Å². The molecule has 7 nitrogen and oxygen atoms in total. The minimum Gasteiger partial charge on any atom is -0.361 e. The predicted molar refractivity (Wildman–Crippen MR) is 92.0 cm³/mol. The van der Waals surface area contributed by atoms with Crippen LogP contribution in [0.5, 0.6) is 0 Å². The molecule has 8 heteroatoms. The van der Waals surface area contributed by atoms with Gasteiger partial charge in [-0.2, -0.15) is 5.10 Å². The third-order valence-corrected chi connectivity index (χ3v) is 4.32. The molecule has 0 radical (unpaired) electrons. The van der Waals surface area contributed by atoms with Crippen molar-refractivity contribution in [2.45, 2.75) is 46.3 Å². The summed E-state index contributed by atoms with van der Waals surface area (Å²) < 4.78 is 7.18. The SMILES string of the molecule is Cc1noc(C)c1CN(C)C(=O)CCc1cc2n(n1)CCNC2.Cl. The molecule has 0 atom stereocenters. The zero-order valence-electron chi connectivity index (χ0n) is 14.3. The highest BCUT2D eigenvalue weighted by Crippen LogP contribution is 2.15. The monoisotopic (exact) mass is 353 g/mol. The predicted octanol–water partition coefficient (Wildman–Crippen LogP) is 1.60. The van der Waals surface area contributed by atoms with Crippen LogP contribution in [0.4, 0.5) is 0 Å². The van der Waals surface area contributed by atoms with Gasteiger partial charge in [-0.15, -0.1) is 12.4 Å². The van der Waals surface area contributed by atoms with Gasteiger partial charge >= 0.3 is 0 Å². The van der Waals surface area contributed by atoms with Gasteiger partial charge in [-0.3, -0.25) is 9.48 Å². The summed E-state index contributed by atoms with van der Waals surface area (Å²) in [7, 11) is 1.82. The van der Waals surface area contributed by atoms with Gasteiger partial charge in [0.25, 0.3) is 0 Å². The summed E-state index contributed by atoms with van der Waals surface area (Å²) in [5.41, 5.74) is 4.02. The Morgan fingerprint density at radius 1 is 1.46 bits per heavy atom. The largest absolute Gasteiger partial charge is 0.361 e. The summed E-state index contributed by atoms with van der Waals surface area (Å²) in [4.78, 5) is 14.1. The first-order valence-corrected chi connectivity index (χ1v) is 7.96. The van der Waals surface area contributed by atoms with E-state index in [4.69, 9.17) is 4.52 Å². The number of carbonyl (C=O) groups is 1. The van der Waals surface area contributed by atoms with Crippen LogP contribution in [0.15, 0.2) is 10.6 Å². The quantitative estimate of drug-likeness (QED) is 0.883. The normalized spacial score (nSPS) is 13.3. The lowest BCUT2D eigenvalue weighted by Gasteiger charge is -2.16. The van der Waals surface area contributed by atoms with E-state index in [1.165, 1.54) is 5.69 Å². The van der Waals surface area contributed by atoms with Gasteiger partial charge < -0.3 is 14.7 Å². The molecule has 2 aromatic rings. The van der Waals surface area contributed by atoms with Gasteiger partial charge in [0.2, 0.25) is 5.91 Å². The molecule has 0 saturated carbocycles. The molecule has 2 aromatic heterocycles. The molecule has 1 aliphatic heterocycles. The van der Waals surface area contributed by atoms with E-state index < -0.39 is 0 Å². The molecule has 0 unspecified atom stereocenters. The van der Waals surface area contributed by atoms with Crippen molar-refractivity contribution in [1.82, 2.24) is 25.2 Å². The first-order chi connectivity index (χ1) is 11.0. The van der Waals surface area contributed by atoms with Crippen molar-refractivity contribution in [3.05, 3.63) is 34.5 Å². The number of carbonyl (C=O) groups excluding carboxylic acids is 1. The second-order valence-electron chi connectivity index (χ2n) is 6.08. The smallest absolute Gasteiger partial charge is 0.223 e. The van der Waals surface area contributed by atoms with Crippen LogP contribution in [0.3, 0.4) is 0 Å². The first kappa shape index (κ1) is 18.5. The maximum atomic E-state index is 12.3. The van der Waals surface area contributed by atoms with Crippen molar-refractivity contribution in [3.63, 3.8) is 0 Å². The van der Waals surface area contributed by atoms with Crippen molar-refractivity contribution in [1.29, 1.82) is 0 Å². The molecule has 0 fully saturated rings. The maximum absolute atomic E-state index is 12.3. The van der Waals surface area contributed by atoms with Crippen LogP contribution in [0.1, 0.15) is 34.8 Å². The van der Waals surface area contributed by atoms with Crippen molar-refractivity contribution in [2.24, 2.45) is 0 Å². The Morgan fingerprint density at radius 3 is 2.92 bits per heavy atom. The number of halogens is 1. The lowest BCUT2D eigenvalue weighted by atomic mass is 10.1. The van der Waals surface area contributed by atoms with Crippen molar-refractivity contribution in [2.75, 3.05) is 13.6 Å². The molecule has 3 heterocycles. The van der Waals surface area contributed by atoms with E-state index in [1.807, 2.05) is 25.6 Å². The van der Waals surface area contributed by atoms with Crippen LogP contribution < -0.4 is 5.32 Å². The standard InChI is InChI=1S/C16H23N5O2.ClH/c1-11-15(12(2)23-19-11)10-20(3)16(22)5-4-13-8-14-9-17-6-7-21(14)18-13;/h8,17H,4-7,9-10H2,1-3H3;1H. The molecule has 0 aliphatic carbocycles. The maximum Gasteiger partial charge on any atom is 0.223 e. The average Bonchev–Trinajstić information content (AvgIpc) is 3.10. The molecule has 0 bridgehead atoms. The summed E-state index contributed by atoms with van der Waals surface area (Å²) in [5, 5.41) is 11.8. The molecule has 0 spiro atoms. The second kappa shape index (κ2) is 7.81. The van der Waals surface area contributed by atoms with Gasteiger partial charge in [0.1, 0.15) is 5.76 Å². The van der Waals surface area contributed by atoms with Crippen LogP contribution in [0.2, 0.25) is 0 Å². The Kier molecular flexibility index (Phi) is 6.01. The Hall–Kier alpha value is -1.86. The Bertz CT molecular complexity index is 666. The number of amides is 1. The third kappa shape index (κ3) is 3.96. The topological polar surface area (TPSA) is 76.2 Å². The molecule has 24 heavy (non-hydrogen) atoms. The summed E-state index contributed by atoms with van der Waals surface area (Å²) >= 11 is 0. The highest BCUT2D eigenvalue weighted by atomic mass is 35.5. The molecule has 1 N–H and O–H groups in total. The van der Waals surface area contributed by atoms with Crippen LogP contribution in [-0.2, 0) is 30.8 Å². The fraction of sp³-hybridized carbons (Fsp3) is 0.562. The molecule has 1 aliphatic rings. The van der Waals surface area contributed by atoms with Gasteiger partial charge in [-0.1, -0.05) is 5.16 Å². The lowest BCUT2D eigenvalue weighted by Crippen LogP contribution is -2.28. The van der Waals surface area contributed by atoms with E-state index >= 15 is 0 Å². The fourth-order valence-corrected chi connectivity index (χ4v) is 2.85. The van der Waals surface area contributed by atoms with Crippen LogP contribution in [-0.4, -0.2) is 39.3 Å². The van der Waals surface area contributed by atoms with E-state index in [0.29, 0.717) is 19.4 Å². The van der Waals surface area contributed by atoms with Gasteiger partial charge in [0.15, 0.2) is 0 Å². The summed E-state index contributed by atoms with van der Waals surface area (Å²) in [6, 6.07) is 2.09. The molecule has 3 rings (SSSR count). The van der Waals surface area contributed by atoms with Crippen molar-refractivity contribution >= 4 is 18.3 Å². The number of rotatable bonds is 5. The Morgan fingerprint density at radius 2 is 2.25 bits per heavy atom. The number of hydrogen-bond acceptors (Lipinski definition) is 5. The molecule has 132 valence electrons. The van der Waals surface area contributed by atoms with E-state index in [-0.39, 0.29) is 18.3 Å². The van der Waals surface area contributed by atoms with E-state index in [1.54, 1.807) is 4.90 Å². The first-order valence-electron chi connectivity index (χ1n) is 7.96. The van der Waals surface area contributed by atoms with E-state index in [2.05, 4.69) is 21.6 Å². The summed E-state index contributed by atoms with van der Waals surface area (Å²) in [6.45, 7) is 7.00. The lowest BCUT2D eigenvalue weighted by molar-refractivity contribution is -0.130. The number of nitrogens with one attached hydrogen (secondary N) is 1. The van der Waals surface area contributed by atoms with Crippen LogP contribution in [0.25, 0.3) is 0 Å². The van der Waals surface area contributed by atoms with Gasteiger partial charge in [0, 0.05) is 38.5 Å². The number of hydrogen-bond donors (Lipinski definition) is 1. The number of aromatic nitrogens is 3. The zero-order chi connectivity index (χ0) is 16.4. The second-order valence-corrected chi connectivity index (χ2v) is 6.08. The van der Waals surface area contributed by atoms with Gasteiger partial charge in [0.05, 0.1) is 30.2 Å². The Labute approximate surface area is 147 Å². The number of nitrogens with zero attached hydrogens (tertiary/aromatic N) is 4. The summed E-state index contributed by atoms with van der Waals surface area (Å²) in [5.74, 6) is 0.880. The molecule has 1 amide bonds. The van der Waals surface area contributed by atoms with E-state index in [9.17, 15) is 4.79 Å².